The van der Waals surface area contributed by atoms with Crippen molar-refractivity contribution in [3.05, 3.63) is 88.0 Å². The Morgan fingerprint density at radius 2 is 0.711 bits per heavy atom. The maximum Gasteiger partial charge on any atom is 1.00 e. The van der Waals surface area contributed by atoms with Crippen LogP contribution in [0.25, 0.3) is 0 Å². The van der Waals surface area contributed by atoms with Crippen molar-refractivity contribution in [2.24, 2.45) is 0 Å². The van der Waals surface area contributed by atoms with Crippen LogP contribution in [0.1, 0.15) is 152 Å². The van der Waals surface area contributed by atoms with Gasteiger partial charge in [-0.15, -0.1) is 0 Å². The summed E-state index contributed by atoms with van der Waals surface area (Å²) in [6, 6.07) is 21.4. The summed E-state index contributed by atoms with van der Waals surface area (Å²) < 4.78 is 0. The number of hydrogen-bond donors (Lipinski definition) is 0. The predicted octanol–water partition coefficient (Wildman–Crippen LogP) is 5.95. The first-order valence-corrected chi connectivity index (χ1v) is 14.7. The van der Waals surface area contributed by atoms with Crippen LogP contribution < -0.4 is 35.2 Å². The van der Waals surface area contributed by atoms with Crippen molar-refractivity contribution in [3.8, 4) is 0 Å². The fourth-order valence-electron chi connectivity index (χ4n) is 5.81. The van der Waals surface area contributed by atoms with Gasteiger partial charge < -0.3 is 0 Å². The Labute approximate surface area is 247 Å². The molecule has 0 unspecified atom stereocenters. The molecule has 0 heterocycles. The maximum atomic E-state index is 2.53. The van der Waals surface area contributed by atoms with Crippen LogP contribution in [-0.2, 0) is 0 Å². The Hall–Kier alpha value is -1.68. The van der Waals surface area contributed by atoms with Gasteiger partial charge in [0.2, 0.25) is 0 Å². The molecule has 0 aromatic heterocycles. The van der Waals surface area contributed by atoms with Crippen molar-refractivity contribution in [3.63, 3.8) is 0 Å². The molecule has 0 N–H and O–H groups in total. The van der Waals surface area contributed by atoms with Gasteiger partial charge in [-0.25, -0.2) is 16.4 Å². The molecule has 0 saturated heterocycles. The molecule has 0 fully saturated rings. The Kier molecular flexibility index (Phi) is 11.6. The minimum Gasteiger partial charge on any atom is -0.233 e. The molecule has 3 aromatic rings. The van der Waals surface area contributed by atoms with Gasteiger partial charge in [0, 0.05) is 0 Å². The van der Waals surface area contributed by atoms with E-state index in [4.69, 9.17) is 0 Å². The number of rotatable bonds is 9. The third-order valence-electron chi connectivity index (χ3n) is 8.06. The van der Waals surface area contributed by atoms with Crippen molar-refractivity contribution in [2.75, 3.05) is 0 Å². The maximum absolute atomic E-state index is 2.53. The average molecular weight is 502 g/mol. The number of hydrogen-bond acceptors (Lipinski definition) is 0. The monoisotopic (exact) mass is 501 g/mol. The van der Waals surface area contributed by atoms with Gasteiger partial charge in [0.05, 0.1) is 0 Å². The summed E-state index contributed by atoms with van der Waals surface area (Å²) in [5.74, 6) is 2.85. The van der Waals surface area contributed by atoms with Gasteiger partial charge in [0.1, 0.15) is 0 Å². The van der Waals surface area contributed by atoms with Crippen LogP contribution in [0.3, 0.4) is 0 Å². The first kappa shape index (κ1) is 32.5. The van der Waals surface area contributed by atoms with E-state index in [1.54, 1.807) is 10.9 Å². The summed E-state index contributed by atoms with van der Waals surface area (Å²) in [7, 11) is 0. The van der Waals surface area contributed by atoms with Crippen LogP contribution in [0.15, 0.2) is 54.6 Å². The largest absolute Gasteiger partial charge is 1.00 e. The van der Waals surface area contributed by atoms with Crippen molar-refractivity contribution >= 4 is 23.1 Å². The van der Waals surface area contributed by atoms with Gasteiger partial charge in [-0.3, -0.25) is 0 Å². The second kappa shape index (κ2) is 13.6. The van der Waals surface area contributed by atoms with E-state index in [1.807, 2.05) is 0 Å². The molecule has 0 aliphatic carbocycles. The minimum atomic E-state index is 0. The van der Waals surface area contributed by atoms with Gasteiger partial charge in [-0.1, -0.05) is 160 Å². The van der Waals surface area contributed by atoms with Gasteiger partial charge in [0.15, 0.2) is 0 Å². The normalized spacial score (nSPS) is 12.1. The molecule has 0 atom stereocenters. The van der Waals surface area contributed by atoms with E-state index in [2.05, 4.69) is 138 Å². The van der Waals surface area contributed by atoms with E-state index in [9.17, 15) is 0 Å². The van der Waals surface area contributed by atoms with E-state index in [1.165, 1.54) is 38.8 Å². The van der Waals surface area contributed by atoms with Crippen molar-refractivity contribution in [2.45, 2.75) is 119 Å². The molecular weight excluding hydrogens is 450 g/mol. The standard InChI is InChI=1S/C36H51B.Li/c1-22(2)28-18-31(24(5)6)35(32(19-28)25(7)8)37(30-16-14-13-15-17-30)36-33(26(9)10)20-29(23(3)4)21-34(36)27(11)12;/h13-27H,1-12H3;/q-1;+1. The summed E-state index contributed by atoms with van der Waals surface area (Å²) in [5.41, 5.74) is 13.5. The van der Waals surface area contributed by atoms with Crippen molar-refractivity contribution in [1.82, 2.24) is 0 Å². The summed E-state index contributed by atoms with van der Waals surface area (Å²) in [4.78, 5) is 0. The molecule has 38 heavy (non-hydrogen) atoms. The second-order valence-electron chi connectivity index (χ2n) is 13.0. The molecule has 0 saturated carbocycles. The number of benzene rings is 3. The molecule has 0 bridgehead atoms. The Morgan fingerprint density at radius 3 is 0.947 bits per heavy atom. The summed E-state index contributed by atoms with van der Waals surface area (Å²) in [5, 5.41) is 0. The average Bonchev–Trinajstić information content (AvgIpc) is 2.83. The first-order chi connectivity index (χ1) is 17.3. The predicted molar refractivity (Wildman–Crippen MR) is 169 cm³/mol. The second-order valence-corrected chi connectivity index (χ2v) is 13.0. The fourth-order valence-corrected chi connectivity index (χ4v) is 5.81. The molecule has 1 radical (unpaired) electrons. The third kappa shape index (κ3) is 6.90. The minimum absolute atomic E-state index is 0. The van der Waals surface area contributed by atoms with E-state index in [0.717, 1.165) is 0 Å². The van der Waals surface area contributed by atoms with Gasteiger partial charge >= 0.3 is 18.9 Å². The SMILES string of the molecule is CC(C)c1cc(C(C)C)c([B-](c2ccccc2)c2c(C(C)C)cc(C(C)C)cc2C(C)C)c(C(C)C)c1.[Li+]. The molecule has 0 aliphatic rings. The van der Waals surface area contributed by atoms with Crippen LogP contribution in [0.4, 0.5) is 0 Å². The summed E-state index contributed by atoms with van der Waals surface area (Å²) >= 11 is 0. The molecule has 199 valence electrons. The van der Waals surface area contributed by atoms with E-state index in [-0.39, 0.29) is 25.6 Å². The first-order valence-electron chi connectivity index (χ1n) is 14.7. The zero-order valence-corrected chi connectivity index (χ0v) is 26.7. The van der Waals surface area contributed by atoms with Crippen LogP contribution in [0.2, 0.25) is 0 Å². The summed E-state index contributed by atoms with van der Waals surface area (Å²) in [6.45, 7) is 28.6. The van der Waals surface area contributed by atoms with Gasteiger partial charge in [0.25, 0.3) is 0 Å². The fraction of sp³-hybridized carbons (Fsp3) is 0.500. The zero-order valence-electron chi connectivity index (χ0n) is 26.7. The molecular formula is C36H51BLi. The van der Waals surface area contributed by atoms with E-state index >= 15 is 0 Å². The third-order valence-corrected chi connectivity index (χ3v) is 8.06. The molecule has 0 amide bonds. The molecule has 3 rings (SSSR count). The van der Waals surface area contributed by atoms with Crippen LogP contribution in [-0.4, -0.2) is 6.71 Å². The van der Waals surface area contributed by atoms with Gasteiger partial charge in [-0.2, -0.15) is 0 Å². The molecule has 0 aliphatic heterocycles. The van der Waals surface area contributed by atoms with Crippen LogP contribution in [0, 0.1) is 0 Å². The summed E-state index contributed by atoms with van der Waals surface area (Å²) in [6.07, 6.45) is 0. The van der Waals surface area contributed by atoms with E-state index in [0.29, 0.717) is 35.5 Å². The quantitative estimate of drug-likeness (QED) is 0.318. The molecule has 0 nitrogen and oxygen atoms in total. The molecule has 0 spiro atoms. The Morgan fingerprint density at radius 1 is 0.421 bits per heavy atom. The van der Waals surface area contributed by atoms with Crippen molar-refractivity contribution < 1.29 is 18.9 Å². The zero-order chi connectivity index (χ0) is 27.6. The Bertz CT molecular complexity index is 1050. The molecule has 3 aromatic carbocycles. The Balaban J connectivity index is 0.00000507. The molecule has 2 heteroatoms. The van der Waals surface area contributed by atoms with Gasteiger partial charge in [-0.05, 0) is 53.3 Å². The van der Waals surface area contributed by atoms with Crippen LogP contribution in [0.5, 0.6) is 0 Å². The van der Waals surface area contributed by atoms with Crippen molar-refractivity contribution in [1.29, 1.82) is 0 Å². The topological polar surface area (TPSA) is 0 Å². The van der Waals surface area contributed by atoms with Crippen LogP contribution >= 0.6 is 0 Å². The van der Waals surface area contributed by atoms with E-state index < -0.39 is 0 Å². The smallest absolute Gasteiger partial charge is 0.233 e.